The summed E-state index contributed by atoms with van der Waals surface area (Å²) in [7, 11) is 0. The van der Waals surface area contributed by atoms with Crippen LogP contribution in [-0.4, -0.2) is 0 Å². The van der Waals surface area contributed by atoms with Crippen LogP contribution in [0, 0.1) is 34.0 Å². The van der Waals surface area contributed by atoms with E-state index in [9.17, 15) is 5.26 Å². The van der Waals surface area contributed by atoms with Gasteiger partial charge in [0.2, 0.25) is 0 Å². The molecule has 4 bridgehead atoms. The third kappa shape index (κ3) is 0.980. The van der Waals surface area contributed by atoms with E-state index in [4.69, 9.17) is 0 Å². The predicted molar refractivity (Wildman–Crippen MR) is 50.8 cm³/mol. The lowest BCUT2D eigenvalue weighted by molar-refractivity contribution is -0.0738. The van der Waals surface area contributed by atoms with Gasteiger partial charge in [0.15, 0.2) is 0 Å². The minimum absolute atomic E-state index is 0.110. The molecular formula is C12H17N. The number of rotatable bonds is 0. The van der Waals surface area contributed by atoms with Gasteiger partial charge in [-0.05, 0) is 55.8 Å². The van der Waals surface area contributed by atoms with E-state index >= 15 is 0 Å². The number of hydrogen-bond donors (Lipinski definition) is 0. The lowest BCUT2D eigenvalue weighted by Gasteiger charge is -2.58. The number of nitriles is 1. The van der Waals surface area contributed by atoms with E-state index in [0.29, 0.717) is 5.41 Å². The van der Waals surface area contributed by atoms with Crippen molar-refractivity contribution >= 4 is 0 Å². The van der Waals surface area contributed by atoms with Gasteiger partial charge in [0.05, 0.1) is 11.5 Å². The maximum atomic E-state index is 9.30. The normalized spacial score (nSPS) is 57.8. The molecule has 4 atom stereocenters. The molecular weight excluding hydrogens is 158 g/mol. The summed E-state index contributed by atoms with van der Waals surface area (Å²) in [4.78, 5) is 0. The van der Waals surface area contributed by atoms with Crippen LogP contribution in [0.1, 0.15) is 45.4 Å². The SMILES string of the molecule is CC12C[C@H]3C[C@@H](C1)CC(C#N)(C3)C2. The van der Waals surface area contributed by atoms with E-state index < -0.39 is 0 Å². The average Bonchev–Trinajstić information content (AvgIpc) is 1.99. The molecule has 0 aliphatic heterocycles. The second-order valence-electron chi connectivity index (χ2n) is 6.16. The molecule has 0 aromatic heterocycles. The van der Waals surface area contributed by atoms with Crippen molar-refractivity contribution in [3.63, 3.8) is 0 Å². The molecule has 4 aliphatic carbocycles. The molecule has 4 rings (SSSR count). The van der Waals surface area contributed by atoms with Crippen molar-refractivity contribution in [2.75, 3.05) is 0 Å². The molecule has 4 aliphatic rings. The molecule has 0 N–H and O–H groups in total. The van der Waals surface area contributed by atoms with Gasteiger partial charge in [-0.2, -0.15) is 5.26 Å². The fourth-order valence-corrected chi connectivity index (χ4v) is 4.85. The molecule has 1 nitrogen and oxygen atoms in total. The molecule has 2 unspecified atom stereocenters. The van der Waals surface area contributed by atoms with Crippen LogP contribution in [0.4, 0.5) is 0 Å². The molecule has 0 spiro atoms. The van der Waals surface area contributed by atoms with E-state index in [-0.39, 0.29) is 5.41 Å². The highest BCUT2D eigenvalue weighted by Crippen LogP contribution is 2.64. The van der Waals surface area contributed by atoms with Crippen molar-refractivity contribution < 1.29 is 0 Å². The first kappa shape index (κ1) is 7.85. The van der Waals surface area contributed by atoms with Crippen LogP contribution in [0.15, 0.2) is 0 Å². The molecule has 1 heteroatoms. The standard InChI is InChI=1S/C12H17N/c1-11-3-9-2-10(4-11)6-12(5-9,7-11)8-13/h9-10H,2-7H2,1H3/t9-,10+,11?,12?. The first-order valence-electron chi connectivity index (χ1n) is 5.54. The Labute approximate surface area is 80.1 Å². The zero-order valence-corrected chi connectivity index (χ0v) is 8.34. The van der Waals surface area contributed by atoms with Crippen molar-refractivity contribution in [1.82, 2.24) is 0 Å². The van der Waals surface area contributed by atoms with Crippen molar-refractivity contribution in [1.29, 1.82) is 5.26 Å². The van der Waals surface area contributed by atoms with E-state index in [2.05, 4.69) is 13.0 Å². The first-order chi connectivity index (χ1) is 6.13. The second-order valence-corrected chi connectivity index (χ2v) is 6.16. The molecule has 0 heterocycles. The Bertz CT molecular complexity index is 272. The van der Waals surface area contributed by atoms with Gasteiger partial charge < -0.3 is 0 Å². The Balaban J connectivity index is 2.01. The molecule has 4 fully saturated rings. The van der Waals surface area contributed by atoms with Crippen LogP contribution >= 0.6 is 0 Å². The van der Waals surface area contributed by atoms with Gasteiger partial charge in [0, 0.05) is 0 Å². The van der Waals surface area contributed by atoms with Gasteiger partial charge in [-0.1, -0.05) is 6.92 Å². The van der Waals surface area contributed by atoms with E-state index in [1.165, 1.54) is 38.5 Å². The summed E-state index contributed by atoms with van der Waals surface area (Å²) in [6, 6.07) is 2.63. The van der Waals surface area contributed by atoms with Crippen LogP contribution in [0.2, 0.25) is 0 Å². The van der Waals surface area contributed by atoms with Crippen molar-refractivity contribution in [3.8, 4) is 6.07 Å². The molecule has 0 radical (unpaired) electrons. The van der Waals surface area contributed by atoms with E-state index in [1.807, 2.05) is 0 Å². The third-order valence-electron chi connectivity index (χ3n) is 4.59. The lowest BCUT2D eigenvalue weighted by Crippen LogP contribution is -2.50. The van der Waals surface area contributed by atoms with Crippen LogP contribution in [0.25, 0.3) is 0 Å². The van der Waals surface area contributed by atoms with E-state index in [0.717, 1.165) is 11.8 Å². The molecule has 70 valence electrons. The fraction of sp³-hybridized carbons (Fsp3) is 0.917. The molecule has 0 aromatic carbocycles. The largest absolute Gasteiger partial charge is 0.198 e. The van der Waals surface area contributed by atoms with Crippen LogP contribution in [-0.2, 0) is 0 Å². The van der Waals surface area contributed by atoms with Gasteiger partial charge >= 0.3 is 0 Å². The minimum atomic E-state index is 0.110. The Morgan fingerprint density at radius 1 is 1.15 bits per heavy atom. The quantitative estimate of drug-likeness (QED) is 0.555. The zero-order chi connectivity index (χ0) is 9.10. The summed E-state index contributed by atoms with van der Waals surface area (Å²) in [5.41, 5.74) is 0.651. The molecule has 4 saturated carbocycles. The van der Waals surface area contributed by atoms with Crippen LogP contribution < -0.4 is 0 Å². The Morgan fingerprint density at radius 3 is 2.23 bits per heavy atom. The molecule has 0 amide bonds. The first-order valence-corrected chi connectivity index (χ1v) is 5.54. The second kappa shape index (κ2) is 2.11. The van der Waals surface area contributed by atoms with Gasteiger partial charge in [-0.25, -0.2) is 0 Å². The summed E-state index contributed by atoms with van der Waals surface area (Å²) in [6.45, 7) is 2.41. The lowest BCUT2D eigenvalue weighted by atomic mass is 9.45. The zero-order valence-electron chi connectivity index (χ0n) is 8.34. The van der Waals surface area contributed by atoms with Gasteiger partial charge in [0.25, 0.3) is 0 Å². The van der Waals surface area contributed by atoms with Crippen LogP contribution in [0.3, 0.4) is 0 Å². The Morgan fingerprint density at radius 2 is 1.77 bits per heavy atom. The summed E-state index contributed by atoms with van der Waals surface area (Å²) in [5, 5.41) is 9.30. The summed E-state index contributed by atoms with van der Waals surface area (Å²) < 4.78 is 0. The Kier molecular flexibility index (Phi) is 1.27. The van der Waals surface area contributed by atoms with Crippen molar-refractivity contribution in [2.45, 2.75) is 45.4 Å². The molecule has 0 saturated heterocycles. The predicted octanol–water partition coefficient (Wildman–Crippen LogP) is 3.12. The van der Waals surface area contributed by atoms with Gasteiger partial charge in [-0.3, -0.25) is 0 Å². The van der Waals surface area contributed by atoms with Gasteiger partial charge in [0.1, 0.15) is 0 Å². The maximum Gasteiger partial charge on any atom is 0.0690 e. The average molecular weight is 175 g/mol. The summed E-state index contributed by atoms with van der Waals surface area (Å²) in [5.74, 6) is 1.79. The number of hydrogen-bond acceptors (Lipinski definition) is 1. The topological polar surface area (TPSA) is 23.8 Å². The number of nitrogens with zero attached hydrogens (tertiary/aromatic N) is 1. The molecule has 13 heavy (non-hydrogen) atoms. The van der Waals surface area contributed by atoms with E-state index in [1.54, 1.807) is 0 Å². The fourth-order valence-electron chi connectivity index (χ4n) is 4.85. The smallest absolute Gasteiger partial charge is 0.0690 e. The Hall–Kier alpha value is -0.510. The third-order valence-corrected chi connectivity index (χ3v) is 4.59. The highest BCUT2D eigenvalue weighted by Gasteiger charge is 2.55. The van der Waals surface area contributed by atoms with Gasteiger partial charge in [-0.15, -0.1) is 0 Å². The van der Waals surface area contributed by atoms with Crippen molar-refractivity contribution in [2.24, 2.45) is 22.7 Å². The van der Waals surface area contributed by atoms with Crippen LogP contribution in [0.5, 0.6) is 0 Å². The monoisotopic (exact) mass is 175 g/mol. The summed E-state index contributed by atoms with van der Waals surface area (Å²) >= 11 is 0. The van der Waals surface area contributed by atoms with Crippen molar-refractivity contribution in [3.05, 3.63) is 0 Å². The minimum Gasteiger partial charge on any atom is -0.198 e. The molecule has 0 aromatic rings. The highest BCUT2D eigenvalue weighted by atomic mass is 14.6. The maximum absolute atomic E-state index is 9.30. The summed E-state index contributed by atoms with van der Waals surface area (Å²) in [6.07, 6.45) is 7.88. The highest BCUT2D eigenvalue weighted by molar-refractivity contribution is 5.14.